The predicted molar refractivity (Wildman–Crippen MR) is 61.5 cm³/mol. The summed E-state index contributed by atoms with van der Waals surface area (Å²) < 4.78 is 0. The predicted octanol–water partition coefficient (Wildman–Crippen LogP) is 3.24. The van der Waals surface area contributed by atoms with Crippen LogP contribution in [0.2, 0.25) is 0 Å². The number of aromatic nitrogens is 1. The van der Waals surface area contributed by atoms with Crippen LogP contribution in [0.1, 0.15) is 5.69 Å². The minimum atomic E-state index is 0. The number of hydrogen-bond donors (Lipinski definition) is 0. The fourth-order valence-corrected chi connectivity index (χ4v) is 1.79. The molecule has 0 fully saturated rings. The molecule has 1 aromatic heterocycles. The van der Waals surface area contributed by atoms with E-state index < -0.39 is 0 Å². The summed E-state index contributed by atoms with van der Waals surface area (Å²) in [6, 6.07) is 17.1. The molecule has 0 unspecified atom stereocenters. The standard InChI is InChI=1S/C14H8N.Ir/c1-10-6-7-12-9-8-11-4-2-3-5-13(11)14(12)15-10;/h1-4,6-9H;/q-1;. The van der Waals surface area contributed by atoms with Gasteiger partial charge in [-0.15, -0.1) is 35.0 Å². The van der Waals surface area contributed by atoms with Crippen molar-refractivity contribution in [1.29, 1.82) is 0 Å². The van der Waals surface area contributed by atoms with Gasteiger partial charge in [0.25, 0.3) is 0 Å². The van der Waals surface area contributed by atoms with Gasteiger partial charge in [-0.25, -0.2) is 0 Å². The SMILES string of the molecule is [CH]c1ccc2ccc3ccc[c-]c3c2n1.[Ir]. The fraction of sp³-hybridized carbons (Fsp3) is 0. The molecule has 0 spiro atoms. The molecular weight excluding hydrogens is 374 g/mol. The molecule has 3 rings (SSSR count). The van der Waals surface area contributed by atoms with Gasteiger partial charge in [-0.2, -0.15) is 0 Å². The minimum absolute atomic E-state index is 0. The maximum absolute atomic E-state index is 5.69. The molecule has 3 radical (unpaired) electrons. The van der Waals surface area contributed by atoms with Crippen molar-refractivity contribution in [3.05, 3.63) is 61.1 Å². The Hall–Kier alpha value is -1.24. The Kier molecular flexibility index (Phi) is 3.04. The van der Waals surface area contributed by atoms with Crippen LogP contribution in [0.25, 0.3) is 21.7 Å². The Bertz CT molecular complexity index is 646. The van der Waals surface area contributed by atoms with Crippen LogP contribution in [0.15, 0.2) is 42.5 Å². The summed E-state index contributed by atoms with van der Waals surface area (Å²) in [4.78, 5) is 4.35. The normalized spacial score (nSPS) is 10.3. The summed E-state index contributed by atoms with van der Waals surface area (Å²) in [5.74, 6) is 0. The van der Waals surface area contributed by atoms with Crippen LogP contribution in [0, 0.1) is 13.0 Å². The second-order valence-electron chi connectivity index (χ2n) is 3.51. The maximum atomic E-state index is 5.69. The van der Waals surface area contributed by atoms with Gasteiger partial charge in [0.1, 0.15) is 0 Å². The Morgan fingerprint density at radius 2 is 1.75 bits per heavy atom. The molecule has 16 heavy (non-hydrogen) atoms. The monoisotopic (exact) mass is 383 g/mol. The molecule has 0 saturated carbocycles. The summed E-state index contributed by atoms with van der Waals surface area (Å²) in [5.41, 5.74) is 1.47. The van der Waals surface area contributed by atoms with Crippen LogP contribution < -0.4 is 0 Å². The van der Waals surface area contributed by atoms with Gasteiger partial charge in [-0.05, 0) is 17.0 Å². The van der Waals surface area contributed by atoms with Crippen molar-refractivity contribution in [2.24, 2.45) is 0 Å². The van der Waals surface area contributed by atoms with E-state index in [4.69, 9.17) is 6.92 Å². The van der Waals surface area contributed by atoms with E-state index in [0.717, 1.165) is 21.7 Å². The molecule has 0 amide bonds. The Morgan fingerprint density at radius 3 is 2.62 bits per heavy atom. The van der Waals surface area contributed by atoms with Gasteiger partial charge >= 0.3 is 0 Å². The van der Waals surface area contributed by atoms with Crippen molar-refractivity contribution in [2.45, 2.75) is 0 Å². The molecule has 3 aromatic rings. The van der Waals surface area contributed by atoms with E-state index in [-0.39, 0.29) is 20.1 Å². The van der Waals surface area contributed by atoms with E-state index in [1.165, 1.54) is 0 Å². The van der Waals surface area contributed by atoms with Gasteiger partial charge in [-0.3, -0.25) is 0 Å². The Balaban J connectivity index is 0.000000963. The minimum Gasteiger partial charge on any atom is -0.300 e. The molecule has 0 bridgehead atoms. The first-order chi connectivity index (χ1) is 7.34. The molecule has 0 aliphatic rings. The molecule has 0 N–H and O–H groups in total. The molecule has 0 aliphatic heterocycles. The molecular formula is C14H8IrN-. The van der Waals surface area contributed by atoms with Crippen molar-refractivity contribution < 1.29 is 20.1 Å². The number of benzene rings is 2. The van der Waals surface area contributed by atoms with Gasteiger partial charge in [-0.1, -0.05) is 18.2 Å². The Morgan fingerprint density at radius 1 is 1.00 bits per heavy atom. The molecule has 1 nitrogen and oxygen atoms in total. The van der Waals surface area contributed by atoms with Crippen LogP contribution in [0.5, 0.6) is 0 Å². The van der Waals surface area contributed by atoms with Crippen molar-refractivity contribution in [3.8, 4) is 0 Å². The van der Waals surface area contributed by atoms with Gasteiger partial charge in [0, 0.05) is 32.7 Å². The van der Waals surface area contributed by atoms with E-state index in [1.54, 1.807) is 0 Å². The first-order valence-corrected chi connectivity index (χ1v) is 4.80. The van der Waals surface area contributed by atoms with E-state index >= 15 is 0 Å². The number of nitrogens with zero attached hydrogens (tertiary/aromatic N) is 1. The second kappa shape index (κ2) is 4.32. The molecule has 0 atom stereocenters. The number of pyridine rings is 1. The fourth-order valence-electron chi connectivity index (χ4n) is 1.79. The van der Waals surface area contributed by atoms with Crippen molar-refractivity contribution in [3.63, 3.8) is 0 Å². The molecule has 1 heterocycles. The van der Waals surface area contributed by atoms with Crippen molar-refractivity contribution in [1.82, 2.24) is 4.98 Å². The molecule has 2 heteroatoms. The number of hydrogen-bond acceptors (Lipinski definition) is 1. The third-order valence-corrected chi connectivity index (χ3v) is 2.52. The van der Waals surface area contributed by atoms with Gasteiger partial charge in [0.2, 0.25) is 0 Å². The van der Waals surface area contributed by atoms with Crippen molar-refractivity contribution in [2.75, 3.05) is 0 Å². The molecule has 79 valence electrons. The van der Waals surface area contributed by atoms with Crippen LogP contribution in [0.3, 0.4) is 0 Å². The topological polar surface area (TPSA) is 12.9 Å². The first-order valence-electron chi connectivity index (χ1n) is 4.80. The van der Waals surface area contributed by atoms with E-state index in [2.05, 4.69) is 29.2 Å². The molecule has 2 aromatic carbocycles. The molecule has 0 saturated heterocycles. The summed E-state index contributed by atoms with van der Waals surface area (Å²) in [5, 5.41) is 3.27. The largest absolute Gasteiger partial charge is 0.300 e. The van der Waals surface area contributed by atoms with Crippen LogP contribution in [-0.4, -0.2) is 4.98 Å². The third-order valence-electron chi connectivity index (χ3n) is 2.52. The second-order valence-corrected chi connectivity index (χ2v) is 3.51. The average molecular weight is 382 g/mol. The van der Waals surface area contributed by atoms with Crippen molar-refractivity contribution >= 4 is 21.7 Å². The van der Waals surface area contributed by atoms with Gasteiger partial charge in [0.15, 0.2) is 0 Å². The van der Waals surface area contributed by atoms with Crippen LogP contribution in [-0.2, 0) is 20.1 Å². The summed E-state index contributed by atoms with van der Waals surface area (Å²) in [7, 11) is 0. The third kappa shape index (κ3) is 1.75. The van der Waals surface area contributed by atoms with E-state index in [9.17, 15) is 0 Å². The summed E-state index contributed by atoms with van der Waals surface area (Å²) in [6.45, 7) is 5.69. The zero-order valence-electron chi connectivity index (χ0n) is 8.40. The molecule has 0 aliphatic carbocycles. The summed E-state index contributed by atoms with van der Waals surface area (Å²) in [6.07, 6.45) is 0. The number of rotatable bonds is 0. The van der Waals surface area contributed by atoms with Crippen LogP contribution in [0.4, 0.5) is 0 Å². The zero-order valence-corrected chi connectivity index (χ0v) is 10.8. The van der Waals surface area contributed by atoms with E-state index in [0.29, 0.717) is 5.69 Å². The smallest absolute Gasteiger partial charge is 0.0342 e. The van der Waals surface area contributed by atoms with Gasteiger partial charge < -0.3 is 4.98 Å². The quantitative estimate of drug-likeness (QED) is 0.430. The Labute approximate surface area is 108 Å². The van der Waals surface area contributed by atoms with E-state index in [1.807, 2.05) is 24.3 Å². The maximum Gasteiger partial charge on any atom is 0.0342 e. The summed E-state index contributed by atoms with van der Waals surface area (Å²) >= 11 is 0. The number of fused-ring (bicyclic) bond motifs is 3. The first kappa shape index (κ1) is 11.3. The average Bonchev–Trinajstić information content (AvgIpc) is 2.29. The van der Waals surface area contributed by atoms with Gasteiger partial charge in [0.05, 0.1) is 0 Å². The van der Waals surface area contributed by atoms with Crippen LogP contribution >= 0.6 is 0 Å². The zero-order chi connectivity index (χ0) is 10.3.